The van der Waals surface area contributed by atoms with Crippen molar-refractivity contribution in [3.8, 4) is 16.9 Å². The lowest BCUT2D eigenvalue weighted by Crippen LogP contribution is -2.46. The number of hydrogen-bond donors (Lipinski definition) is 1. The number of aryl methyl sites for hydroxylation is 1. The van der Waals surface area contributed by atoms with Crippen molar-refractivity contribution in [1.82, 2.24) is 10.3 Å². The lowest BCUT2D eigenvalue weighted by atomic mass is 9.97. The Kier molecular flexibility index (Phi) is 3.94. The molecule has 2 aliphatic heterocycles. The van der Waals surface area contributed by atoms with Crippen LogP contribution in [0.25, 0.3) is 11.1 Å². The molecule has 1 N–H and O–H groups in total. The maximum Gasteiger partial charge on any atom is 0.227 e. The highest BCUT2D eigenvalue weighted by Crippen LogP contribution is 2.32. The van der Waals surface area contributed by atoms with Crippen LogP contribution >= 0.6 is 0 Å². The van der Waals surface area contributed by atoms with Gasteiger partial charge in [-0.1, -0.05) is 6.07 Å². The number of fused-ring (bicyclic) bond motifs is 1. The molecule has 1 fully saturated rings. The number of anilines is 1. The Morgan fingerprint density at radius 2 is 2.12 bits per heavy atom. The van der Waals surface area contributed by atoms with Crippen LogP contribution < -0.4 is 15.0 Å². The van der Waals surface area contributed by atoms with Crippen LogP contribution in [0.15, 0.2) is 36.7 Å². The summed E-state index contributed by atoms with van der Waals surface area (Å²) in [6.07, 6.45) is 6.15. The summed E-state index contributed by atoms with van der Waals surface area (Å²) >= 11 is 0. The number of rotatable bonds is 4. The van der Waals surface area contributed by atoms with Gasteiger partial charge in [0, 0.05) is 37.0 Å². The fourth-order valence-electron chi connectivity index (χ4n) is 3.18. The Labute approximate surface area is 141 Å². The van der Waals surface area contributed by atoms with E-state index < -0.39 is 0 Å². The Morgan fingerprint density at radius 1 is 1.25 bits per heavy atom. The summed E-state index contributed by atoms with van der Waals surface area (Å²) in [6.45, 7) is 1.76. The van der Waals surface area contributed by atoms with Gasteiger partial charge < -0.3 is 15.0 Å². The van der Waals surface area contributed by atoms with Crippen molar-refractivity contribution < 1.29 is 9.53 Å². The van der Waals surface area contributed by atoms with Crippen LogP contribution in [0.2, 0.25) is 0 Å². The van der Waals surface area contributed by atoms with Crippen molar-refractivity contribution in [2.75, 3.05) is 25.1 Å². The fourth-order valence-corrected chi connectivity index (χ4v) is 3.18. The van der Waals surface area contributed by atoms with E-state index in [9.17, 15) is 4.79 Å². The Balaban J connectivity index is 1.56. The fraction of sp³-hybridized carbons (Fsp3) is 0.368. The quantitative estimate of drug-likeness (QED) is 0.939. The molecule has 2 aliphatic rings. The van der Waals surface area contributed by atoms with E-state index in [1.807, 2.05) is 31.4 Å². The van der Waals surface area contributed by atoms with E-state index in [0.717, 1.165) is 35.5 Å². The predicted octanol–water partition coefficient (Wildman–Crippen LogP) is 2.40. The molecule has 1 atom stereocenters. The maximum atomic E-state index is 11.8. The van der Waals surface area contributed by atoms with Gasteiger partial charge in [0.25, 0.3) is 0 Å². The van der Waals surface area contributed by atoms with Crippen molar-refractivity contribution in [3.05, 3.63) is 42.2 Å². The molecule has 2 aromatic rings. The average Bonchev–Trinajstić information content (AvgIpc) is 2.57. The van der Waals surface area contributed by atoms with Gasteiger partial charge in [-0.05, 0) is 48.7 Å². The molecule has 1 aromatic carbocycles. The molecule has 5 heteroatoms. The summed E-state index contributed by atoms with van der Waals surface area (Å²) in [5, 5.41) is 3.33. The van der Waals surface area contributed by atoms with Crippen LogP contribution in [0.4, 0.5) is 5.69 Å². The normalized spacial score (nSPS) is 19.6. The number of hydrogen-bond acceptors (Lipinski definition) is 4. The highest BCUT2D eigenvalue weighted by atomic mass is 16.5. The number of benzene rings is 1. The lowest BCUT2D eigenvalue weighted by molar-refractivity contribution is -0.118. The van der Waals surface area contributed by atoms with Crippen LogP contribution in [0.1, 0.15) is 18.4 Å². The van der Waals surface area contributed by atoms with E-state index >= 15 is 0 Å². The maximum absolute atomic E-state index is 11.8. The van der Waals surface area contributed by atoms with Crippen LogP contribution in [-0.4, -0.2) is 37.1 Å². The third-order valence-corrected chi connectivity index (χ3v) is 4.85. The molecule has 0 bridgehead atoms. The molecule has 1 saturated heterocycles. The van der Waals surface area contributed by atoms with Gasteiger partial charge in [-0.15, -0.1) is 0 Å². The topological polar surface area (TPSA) is 54.5 Å². The highest BCUT2D eigenvalue weighted by molar-refractivity contribution is 5.96. The molecule has 124 valence electrons. The number of ether oxygens (including phenoxy) is 1. The summed E-state index contributed by atoms with van der Waals surface area (Å²) in [5.41, 5.74) is 4.36. The summed E-state index contributed by atoms with van der Waals surface area (Å²) in [4.78, 5) is 17.9. The Morgan fingerprint density at radius 3 is 2.92 bits per heavy atom. The van der Waals surface area contributed by atoms with E-state index in [2.05, 4.69) is 16.4 Å². The SMILES string of the molecule is CN1C(=O)CCc2cc(-c3cncc(OC[C@@H]4CCN4)c3)ccc21. The first-order valence-electron chi connectivity index (χ1n) is 8.42. The van der Waals surface area contributed by atoms with E-state index in [1.165, 1.54) is 12.0 Å². The number of nitrogens with one attached hydrogen (secondary N) is 1. The minimum atomic E-state index is 0.178. The van der Waals surface area contributed by atoms with Gasteiger partial charge in [0.15, 0.2) is 0 Å². The van der Waals surface area contributed by atoms with Crippen molar-refractivity contribution >= 4 is 11.6 Å². The number of amides is 1. The van der Waals surface area contributed by atoms with Crippen molar-refractivity contribution in [2.45, 2.75) is 25.3 Å². The van der Waals surface area contributed by atoms with E-state index in [-0.39, 0.29) is 5.91 Å². The zero-order valence-electron chi connectivity index (χ0n) is 13.8. The van der Waals surface area contributed by atoms with Crippen LogP contribution in [0.5, 0.6) is 5.75 Å². The number of aromatic nitrogens is 1. The molecule has 5 nitrogen and oxygen atoms in total. The molecule has 4 rings (SSSR count). The zero-order valence-corrected chi connectivity index (χ0v) is 13.8. The number of carbonyl (C=O) groups excluding carboxylic acids is 1. The van der Waals surface area contributed by atoms with Gasteiger partial charge in [-0.25, -0.2) is 0 Å². The van der Waals surface area contributed by atoms with Crippen molar-refractivity contribution in [2.24, 2.45) is 0 Å². The van der Waals surface area contributed by atoms with Crippen molar-refractivity contribution in [3.63, 3.8) is 0 Å². The summed E-state index contributed by atoms with van der Waals surface area (Å²) in [7, 11) is 1.84. The zero-order chi connectivity index (χ0) is 16.5. The summed E-state index contributed by atoms with van der Waals surface area (Å²) in [6, 6.07) is 8.72. The Hall–Kier alpha value is -2.40. The van der Waals surface area contributed by atoms with Gasteiger partial charge >= 0.3 is 0 Å². The van der Waals surface area contributed by atoms with E-state index in [0.29, 0.717) is 19.1 Å². The monoisotopic (exact) mass is 323 g/mol. The van der Waals surface area contributed by atoms with Crippen LogP contribution in [0.3, 0.4) is 0 Å². The molecule has 0 spiro atoms. The van der Waals surface area contributed by atoms with E-state index in [4.69, 9.17) is 4.74 Å². The lowest BCUT2D eigenvalue weighted by Gasteiger charge is -2.27. The van der Waals surface area contributed by atoms with Gasteiger partial charge in [0.05, 0.1) is 6.20 Å². The van der Waals surface area contributed by atoms with E-state index in [1.54, 1.807) is 11.1 Å². The van der Waals surface area contributed by atoms with Crippen LogP contribution in [0, 0.1) is 0 Å². The number of carbonyl (C=O) groups is 1. The summed E-state index contributed by atoms with van der Waals surface area (Å²) in [5.74, 6) is 0.975. The van der Waals surface area contributed by atoms with Gasteiger partial charge in [0.2, 0.25) is 5.91 Å². The molecule has 1 aromatic heterocycles. The number of nitrogens with zero attached hydrogens (tertiary/aromatic N) is 2. The summed E-state index contributed by atoms with van der Waals surface area (Å²) < 4.78 is 5.84. The molecule has 0 aliphatic carbocycles. The third-order valence-electron chi connectivity index (χ3n) is 4.85. The first kappa shape index (κ1) is 15.1. The first-order chi connectivity index (χ1) is 11.7. The van der Waals surface area contributed by atoms with Gasteiger partial charge in [0.1, 0.15) is 12.4 Å². The third kappa shape index (κ3) is 2.87. The predicted molar refractivity (Wildman–Crippen MR) is 93.3 cm³/mol. The van der Waals surface area contributed by atoms with Crippen molar-refractivity contribution in [1.29, 1.82) is 0 Å². The van der Waals surface area contributed by atoms with Gasteiger partial charge in [-0.3, -0.25) is 9.78 Å². The van der Waals surface area contributed by atoms with Gasteiger partial charge in [-0.2, -0.15) is 0 Å². The minimum Gasteiger partial charge on any atom is -0.490 e. The second-order valence-corrected chi connectivity index (χ2v) is 6.46. The Bertz CT molecular complexity index is 771. The number of pyridine rings is 1. The molecule has 0 radical (unpaired) electrons. The average molecular weight is 323 g/mol. The second-order valence-electron chi connectivity index (χ2n) is 6.46. The smallest absolute Gasteiger partial charge is 0.227 e. The molecule has 0 unspecified atom stereocenters. The minimum absolute atomic E-state index is 0.178. The molecule has 3 heterocycles. The highest BCUT2D eigenvalue weighted by Gasteiger charge is 2.21. The molecule has 1 amide bonds. The molecular formula is C19H21N3O2. The van der Waals surface area contributed by atoms with Crippen LogP contribution in [-0.2, 0) is 11.2 Å². The largest absolute Gasteiger partial charge is 0.490 e. The molecular weight excluding hydrogens is 302 g/mol. The second kappa shape index (κ2) is 6.24. The standard InChI is InChI=1S/C19H21N3O2/c1-22-18-4-2-13(8-14(18)3-5-19(22)23)15-9-17(11-20-10-15)24-12-16-6-7-21-16/h2,4,8-11,16,21H,3,5-7,12H2,1H3/t16-/m0/s1. The molecule has 24 heavy (non-hydrogen) atoms. The first-order valence-corrected chi connectivity index (χ1v) is 8.42. The molecule has 0 saturated carbocycles.